The molecule has 5 nitrogen and oxygen atoms in total. The molecule has 1 aromatic carbocycles. The summed E-state index contributed by atoms with van der Waals surface area (Å²) in [5.74, 6) is -0.479. The number of carbonyl (C=O) groups excluding carboxylic acids is 2. The zero-order chi connectivity index (χ0) is 16.1. The third-order valence-corrected chi connectivity index (χ3v) is 4.04. The van der Waals surface area contributed by atoms with Crippen LogP contribution < -0.4 is 5.32 Å². The van der Waals surface area contributed by atoms with E-state index in [1.807, 2.05) is 7.05 Å². The average molecular weight is 325 g/mol. The van der Waals surface area contributed by atoms with Gasteiger partial charge in [0.25, 0.3) is 0 Å². The minimum Gasteiger partial charge on any atom is -0.462 e. The van der Waals surface area contributed by atoms with Crippen LogP contribution in [0.4, 0.5) is 5.69 Å². The van der Waals surface area contributed by atoms with Crippen LogP contribution in [0.5, 0.6) is 0 Å². The van der Waals surface area contributed by atoms with Gasteiger partial charge in [-0.2, -0.15) is 0 Å². The Bertz CT molecular complexity index is 562. The summed E-state index contributed by atoms with van der Waals surface area (Å²) in [6, 6.07) is 4.82. The van der Waals surface area contributed by atoms with Crippen molar-refractivity contribution in [3.8, 4) is 0 Å². The van der Waals surface area contributed by atoms with Gasteiger partial charge in [-0.05, 0) is 51.6 Å². The van der Waals surface area contributed by atoms with E-state index in [4.69, 9.17) is 16.3 Å². The molecule has 0 aromatic heterocycles. The molecule has 1 atom stereocenters. The van der Waals surface area contributed by atoms with Crippen LogP contribution in [-0.4, -0.2) is 43.5 Å². The fraction of sp³-hybridized carbons (Fsp3) is 0.500. The predicted molar refractivity (Wildman–Crippen MR) is 86.3 cm³/mol. The molecule has 2 rings (SSSR count). The Kier molecular flexibility index (Phi) is 5.80. The molecule has 0 radical (unpaired) electrons. The second kappa shape index (κ2) is 7.61. The average Bonchev–Trinajstić information content (AvgIpc) is 2.47. The van der Waals surface area contributed by atoms with Crippen molar-refractivity contribution in [1.82, 2.24) is 4.90 Å². The summed E-state index contributed by atoms with van der Waals surface area (Å²) in [4.78, 5) is 26.1. The minimum absolute atomic E-state index is 0.00787. The van der Waals surface area contributed by atoms with E-state index in [1.54, 1.807) is 25.1 Å². The smallest absolute Gasteiger partial charge is 0.339 e. The third kappa shape index (κ3) is 4.21. The molecule has 1 amide bonds. The van der Waals surface area contributed by atoms with E-state index in [9.17, 15) is 9.59 Å². The number of likely N-dealkylation sites (tertiary alicyclic amines) is 1. The van der Waals surface area contributed by atoms with Gasteiger partial charge in [-0.15, -0.1) is 0 Å². The monoisotopic (exact) mass is 324 g/mol. The van der Waals surface area contributed by atoms with Crippen molar-refractivity contribution in [3.05, 3.63) is 28.8 Å². The van der Waals surface area contributed by atoms with Crippen molar-refractivity contribution in [2.45, 2.75) is 19.8 Å². The summed E-state index contributed by atoms with van der Waals surface area (Å²) in [6.07, 6.45) is 1.92. The van der Waals surface area contributed by atoms with Gasteiger partial charge in [0, 0.05) is 12.2 Å². The molecule has 22 heavy (non-hydrogen) atoms. The number of esters is 1. The van der Waals surface area contributed by atoms with Crippen LogP contribution in [0, 0.1) is 5.92 Å². The van der Waals surface area contributed by atoms with Gasteiger partial charge in [-0.3, -0.25) is 4.79 Å². The third-order valence-electron chi connectivity index (χ3n) is 3.73. The molecule has 1 N–H and O–H groups in total. The normalized spacial score (nSPS) is 18.8. The highest BCUT2D eigenvalue weighted by atomic mass is 35.5. The Morgan fingerprint density at radius 1 is 1.45 bits per heavy atom. The Hall–Kier alpha value is -1.59. The lowest BCUT2D eigenvalue weighted by atomic mass is 9.97. The summed E-state index contributed by atoms with van der Waals surface area (Å²) in [5, 5.41) is 3.14. The van der Waals surface area contributed by atoms with Gasteiger partial charge < -0.3 is 15.0 Å². The van der Waals surface area contributed by atoms with Crippen molar-refractivity contribution >= 4 is 29.2 Å². The summed E-state index contributed by atoms with van der Waals surface area (Å²) >= 11 is 6.09. The molecule has 1 heterocycles. The molecule has 120 valence electrons. The van der Waals surface area contributed by atoms with Gasteiger partial charge in [0.2, 0.25) is 5.91 Å². The lowest BCUT2D eigenvalue weighted by Gasteiger charge is -2.28. The second-order valence-electron chi connectivity index (χ2n) is 5.51. The number of nitrogens with zero attached hydrogens (tertiary/aromatic N) is 1. The first-order chi connectivity index (χ1) is 10.5. The molecule has 0 bridgehead atoms. The molecule has 1 aromatic rings. The van der Waals surface area contributed by atoms with Crippen molar-refractivity contribution in [2.75, 3.05) is 32.1 Å². The van der Waals surface area contributed by atoms with E-state index in [0.717, 1.165) is 25.9 Å². The van der Waals surface area contributed by atoms with Gasteiger partial charge in [-0.1, -0.05) is 11.6 Å². The molecule has 1 saturated heterocycles. The van der Waals surface area contributed by atoms with E-state index in [-0.39, 0.29) is 16.8 Å². The number of carbonyl (C=O) groups is 2. The number of piperidine rings is 1. The predicted octanol–water partition coefficient (Wildman–Crippen LogP) is 2.80. The van der Waals surface area contributed by atoms with Crippen molar-refractivity contribution in [3.63, 3.8) is 0 Å². The first kappa shape index (κ1) is 16.8. The maximum atomic E-state index is 12.3. The van der Waals surface area contributed by atoms with Crippen molar-refractivity contribution < 1.29 is 14.3 Å². The summed E-state index contributed by atoms with van der Waals surface area (Å²) in [5.41, 5.74) is 0.898. The number of nitrogens with one attached hydrogen (secondary N) is 1. The molecule has 0 spiro atoms. The molecule has 6 heteroatoms. The Morgan fingerprint density at radius 2 is 2.23 bits per heavy atom. The SMILES string of the molecule is CCOC(=O)c1ccc(NC(=O)[C@H]2CCCN(C)C2)cc1Cl. The summed E-state index contributed by atoms with van der Waals surface area (Å²) < 4.78 is 4.92. The van der Waals surface area contributed by atoms with Crippen LogP contribution in [0.2, 0.25) is 5.02 Å². The minimum atomic E-state index is -0.459. The van der Waals surface area contributed by atoms with Crippen molar-refractivity contribution in [1.29, 1.82) is 0 Å². The van der Waals surface area contributed by atoms with Gasteiger partial charge in [-0.25, -0.2) is 4.79 Å². The Morgan fingerprint density at radius 3 is 2.86 bits per heavy atom. The van der Waals surface area contributed by atoms with Gasteiger partial charge in [0.05, 0.1) is 23.1 Å². The highest BCUT2D eigenvalue weighted by Gasteiger charge is 2.24. The standard InChI is InChI=1S/C16H21ClN2O3/c1-3-22-16(21)13-7-6-12(9-14(13)17)18-15(20)11-5-4-8-19(2)10-11/h6-7,9,11H,3-5,8,10H2,1-2H3,(H,18,20)/t11-/m0/s1. The van der Waals surface area contributed by atoms with E-state index in [0.29, 0.717) is 17.9 Å². The van der Waals surface area contributed by atoms with E-state index in [2.05, 4.69) is 10.2 Å². The number of rotatable bonds is 4. The lowest BCUT2D eigenvalue weighted by Crippen LogP contribution is -2.38. The largest absolute Gasteiger partial charge is 0.462 e. The quantitative estimate of drug-likeness (QED) is 0.865. The molecule has 0 saturated carbocycles. The molecule has 1 aliphatic heterocycles. The van der Waals surface area contributed by atoms with Crippen LogP contribution in [-0.2, 0) is 9.53 Å². The molecule has 1 aliphatic rings. The van der Waals surface area contributed by atoms with Crippen molar-refractivity contribution in [2.24, 2.45) is 5.92 Å². The number of amides is 1. The Balaban J connectivity index is 2.02. The molecule has 1 fully saturated rings. The van der Waals surface area contributed by atoms with Crippen LogP contribution in [0.3, 0.4) is 0 Å². The van der Waals surface area contributed by atoms with Crippen LogP contribution in [0.1, 0.15) is 30.1 Å². The topological polar surface area (TPSA) is 58.6 Å². The van der Waals surface area contributed by atoms with Crippen LogP contribution >= 0.6 is 11.6 Å². The fourth-order valence-corrected chi connectivity index (χ4v) is 2.85. The van der Waals surface area contributed by atoms with Crippen LogP contribution in [0.15, 0.2) is 18.2 Å². The fourth-order valence-electron chi connectivity index (χ4n) is 2.59. The molecule has 0 unspecified atom stereocenters. The number of anilines is 1. The van der Waals surface area contributed by atoms with Gasteiger partial charge >= 0.3 is 5.97 Å². The number of ether oxygens (including phenoxy) is 1. The van der Waals surface area contributed by atoms with Gasteiger partial charge in [0.1, 0.15) is 0 Å². The number of benzene rings is 1. The zero-order valence-corrected chi connectivity index (χ0v) is 13.7. The number of hydrogen-bond donors (Lipinski definition) is 1. The maximum Gasteiger partial charge on any atom is 0.339 e. The Labute approximate surface area is 135 Å². The van der Waals surface area contributed by atoms with E-state index in [1.165, 1.54) is 0 Å². The number of hydrogen-bond acceptors (Lipinski definition) is 4. The first-order valence-corrected chi connectivity index (χ1v) is 7.85. The zero-order valence-electron chi connectivity index (χ0n) is 12.9. The summed E-state index contributed by atoms with van der Waals surface area (Å²) in [6.45, 7) is 3.83. The maximum absolute atomic E-state index is 12.3. The molecule has 0 aliphatic carbocycles. The second-order valence-corrected chi connectivity index (χ2v) is 5.91. The highest BCUT2D eigenvalue weighted by Crippen LogP contribution is 2.23. The van der Waals surface area contributed by atoms with Crippen LogP contribution in [0.25, 0.3) is 0 Å². The number of halogens is 1. The van der Waals surface area contributed by atoms with Gasteiger partial charge in [0.15, 0.2) is 0 Å². The summed E-state index contributed by atoms with van der Waals surface area (Å²) in [7, 11) is 2.02. The first-order valence-electron chi connectivity index (χ1n) is 7.47. The molecular formula is C16H21ClN2O3. The highest BCUT2D eigenvalue weighted by molar-refractivity contribution is 6.34. The molecular weight excluding hydrogens is 304 g/mol. The van der Waals surface area contributed by atoms with E-state index < -0.39 is 5.97 Å². The lowest BCUT2D eigenvalue weighted by molar-refractivity contribution is -0.121. The van der Waals surface area contributed by atoms with E-state index >= 15 is 0 Å².